The van der Waals surface area contributed by atoms with Gasteiger partial charge in [0.2, 0.25) is 0 Å². The van der Waals surface area contributed by atoms with Crippen LogP contribution in [-0.2, 0) is 0 Å². The second-order valence-corrected chi connectivity index (χ2v) is 5.14. The number of hydrogen-bond donors (Lipinski definition) is 1. The highest BCUT2D eigenvalue weighted by Crippen LogP contribution is 2.20. The molecule has 1 saturated heterocycles. The van der Waals surface area contributed by atoms with E-state index in [0.29, 0.717) is 19.0 Å². The second-order valence-electron chi connectivity index (χ2n) is 5.14. The molecule has 0 radical (unpaired) electrons. The molecule has 0 unspecified atom stereocenters. The first-order valence-corrected chi connectivity index (χ1v) is 7.07. The Morgan fingerprint density at radius 1 is 1.35 bits per heavy atom. The quantitative estimate of drug-likeness (QED) is 0.920. The van der Waals surface area contributed by atoms with Crippen molar-refractivity contribution in [2.24, 2.45) is 5.92 Å². The Kier molecular flexibility index (Phi) is 5.06. The van der Waals surface area contributed by atoms with Gasteiger partial charge in [-0.05, 0) is 44.0 Å². The molecular formula is C15H20F2N2O. The van der Waals surface area contributed by atoms with Crippen molar-refractivity contribution < 1.29 is 13.6 Å². The normalized spacial score (nSPS) is 16.4. The summed E-state index contributed by atoms with van der Waals surface area (Å²) in [6.07, 6.45) is 1.80. The fraction of sp³-hybridized carbons (Fsp3) is 0.533. The maximum absolute atomic E-state index is 13.6. The van der Waals surface area contributed by atoms with Crippen molar-refractivity contribution in [2.45, 2.75) is 19.8 Å². The van der Waals surface area contributed by atoms with Crippen LogP contribution in [0.4, 0.5) is 8.78 Å². The van der Waals surface area contributed by atoms with Crippen LogP contribution in [0.5, 0.6) is 0 Å². The maximum atomic E-state index is 13.6. The van der Waals surface area contributed by atoms with Gasteiger partial charge in [-0.25, -0.2) is 8.78 Å². The summed E-state index contributed by atoms with van der Waals surface area (Å²) in [5.41, 5.74) is -0.171. The van der Waals surface area contributed by atoms with E-state index in [1.165, 1.54) is 12.1 Å². The number of nitrogens with one attached hydrogen (secondary N) is 1. The molecule has 0 aromatic heterocycles. The minimum atomic E-state index is -1.05. The van der Waals surface area contributed by atoms with Crippen molar-refractivity contribution in [1.29, 1.82) is 0 Å². The van der Waals surface area contributed by atoms with E-state index in [2.05, 4.69) is 12.2 Å². The SMILES string of the molecule is CCNCC1CCN(C(=O)c2cccc(F)c2F)CC1. The summed E-state index contributed by atoms with van der Waals surface area (Å²) in [7, 11) is 0. The zero-order valence-corrected chi connectivity index (χ0v) is 11.7. The van der Waals surface area contributed by atoms with Gasteiger partial charge in [0.15, 0.2) is 11.6 Å². The number of carbonyl (C=O) groups excluding carboxylic acids is 1. The Hall–Kier alpha value is -1.49. The van der Waals surface area contributed by atoms with Crippen molar-refractivity contribution >= 4 is 5.91 Å². The summed E-state index contributed by atoms with van der Waals surface area (Å²) < 4.78 is 26.8. The highest BCUT2D eigenvalue weighted by molar-refractivity contribution is 5.94. The van der Waals surface area contributed by atoms with Gasteiger partial charge in [0.05, 0.1) is 5.56 Å². The largest absolute Gasteiger partial charge is 0.339 e. The Morgan fingerprint density at radius 2 is 2.05 bits per heavy atom. The molecule has 2 rings (SSSR count). The first-order chi connectivity index (χ1) is 9.63. The molecular weight excluding hydrogens is 262 g/mol. The number of nitrogens with zero attached hydrogens (tertiary/aromatic N) is 1. The molecule has 0 saturated carbocycles. The third-order valence-electron chi connectivity index (χ3n) is 3.77. The van der Waals surface area contributed by atoms with Gasteiger partial charge in [-0.3, -0.25) is 4.79 Å². The Labute approximate surface area is 118 Å². The Bertz CT molecular complexity index is 471. The van der Waals surface area contributed by atoms with Crippen LogP contribution in [-0.4, -0.2) is 37.0 Å². The van der Waals surface area contributed by atoms with E-state index in [1.807, 2.05) is 0 Å². The molecule has 110 valence electrons. The summed E-state index contributed by atoms with van der Waals surface area (Å²) in [4.78, 5) is 13.8. The Balaban J connectivity index is 1.96. The zero-order valence-electron chi connectivity index (χ0n) is 11.7. The predicted octanol–water partition coefficient (Wildman–Crippen LogP) is 2.43. The van der Waals surface area contributed by atoms with Gasteiger partial charge in [0, 0.05) is 13.1 Å². The van der Waals surface area contributed by atoms with E-state index >= 15 is 0 Å². The molecule has 1 amide bonds. The standard InChI is InChI=1S/C15H20F2N2O/c1-2-18-10-11-6-8-19(9-7-11)15(20)12-4-3-5-13(16)14(12)17/h3-5,11,18H,2,6-10H2,1H3. The molecule has 1 fully saturated rings. The van der Waals surface area contributed by atoms with Gasteiger partial charge >= 0.3 is 0 Å². The fourth-order valence-electron chi connectivity index (χ4n) is 2.53. The fourth-order valence-corrected chi connectivity index (χ4v) is 2.53. The molecule has 1 aromatic carbocycles. The summed E-state index contributed by atoms with van der Waals surface area (Å²) >= 11 is 0. The number of hydrogen-bond acceptors (Lipinski definition) is 2. The maximum Gasteiger partial charge on any atom is 0.256 e. The molecule has 0 bridgehead atoms. The molecule has 0 aliphatic carbocycles. The lowest BCUT2D eigenvalue weighted by Gasteiger charge is -2.32. The van der Waals surface area contributed by atoms with E-state index in [0.717, 1.165) is 32.0 Å². The summed E-state index contributed by atoms with van der Waals surface area (Å²) in [6, 6.07) is 3.73. The number of amides is 1. The number of benzene rings is 1. The molecule has 3 nitrogen and oxygen atoms in total. The lowest BCUT2D eigenvalue weighted by Crippen LogP contribution is -2.41. The third kappa shape index (κ3) is 3.33. The van der Waals surface area contributed by atoms with Crippen LogP contribution in [0.15, 0.2) is 18.2 Å². The van der Waals surface area contributed by atoms with E-state index in [9.17, 15) is 13.6 Å². The highest BCUT2D eigenvalue weighted by Gasteiger charge is 2.25. The topological polar surface area (TPSA) is 32.3 Å². The number of likely N-dealkylation sites (tertiary alicyclic amines) is 1. The number of halogens is 2. The smallest absolute Gasteiger partial charge is 0.256 e. The van der Waals surface area contributed by atoms with Gasteiger partial charge in [0.1, 0.15) is 0 Å². The molecule has 0 spiro atoms. The minimum absolute atomic E-state index is 0.171. The number of piperidine rings is 1. The minimum Gasteiger partial charge on any atom is -0.339 e. The number of rotatable bonds is 4. The summed E-state index contributed by atoms with van der Waals surface area (Å²) in [6.45, 7) is 5.15. The molecule has 1 aliphatic heterocycles. The van der Waals surface area contributed by atoms with Crippen LogP contribution in [0.2, 0.25) is 0 Å². The van der Waals surface area contributed by atoms with Crippen LogP contribution < -0.4 is 5.32 Å². The van der Waals surface area contributed by atoms with Gasteiger partial charge in [-0.1, -0.05) is 13.0 Å². The van der Waals surface area contributed by atoms with Gasteiger partial charge in [0.25, 0.3) is 5.91 Å². The summed E-state index contributed by atoms with van der Waals surface area (Å²) in [5, 5.41) is 3.30. The van der Waals surface area contributed by atoms with Crippen LogP contribution in [0.3, 0.4) is 0 Å². The van der Waals surface area contributed by atoms with Gasteiger partial charge in [-0.2, -0.15) is 0 Å². The molecule has 1 aliphatic rings. The van der Waals surface area contributed by atoms with Crippen molar-refractivity contribution in [1.82, 2.24) is 10.2 Å². The van der Waals surface area contributed by atoms with E-state index < -0.39 is 17.5 Å². The molecule has 1 N–H and O–H groups in total. The zero-order chi connectivity index (χ0) is 14.5. The third-order valence-corrected chi connectivity index (χ3v) is 3.77. The average Bonchev–Trinajstić information content (AvgIpc) is 2.48. The van der Waals surface area contributed by atoms with E-state index in [4.69, 9.17) is 0 Å². The van der Waals surface area contributed by atoms with Gasteiger partial charge < -0.3 is 10.2 Å². The molecule has 5 heteroatoms. The second kappa shape index (κ2) is 6.79. The first-order valence-electron chi connectivity index (χ1n) is 7.07. The number of carbonyl (C=O) groups is 1. The molecule has 1 aromatic rings. The first kappa shape index (κ1) is 14.9. The lowest BCUT2D eigenvalue weighted by atomic mass is 9.96. The molecule has 20 heavy (non-hydrogen) atoms. The van der Waals surface area contributed by atoms with Crippen molar-refractivity contribution in [2.75, 3.05) is 26.2 Å². The predicted molar refractivity (Wildman–Crippen MR) is 73.5 cm³/mol. The van der Waals surface area contributed by atoms with E-state index in [1.54, 1.807) is 4.90 Å². The van der Waals surface area contributed by atoms with Crippen molar-refractivity contribution in [3.05, 3.63) is 35.4 Å². The van der Waals surface area contributed by atoms with Crippen LogP contribution >= 0.6 is 0 Å². The van der Waals surface area contributed by atoms with Crippen molar-refractivity contribution in [3.8, 4) is 0 Å². The molecule has 1 heterocycles. The van der Waals surface area contributed by atoms with Crippen LogP contribution in [0.1, 0.15) is 30.1 Å². The van der Waals surface area contributed by atoms with Gasteiger partial charge in [-0.15, -0.1) is 0 Å². The van der Waals surface area contributed by atoms with Crippen LogP contribution in [0.25, 0.3) is 0 Å². The average molecular weight is 282 g/mol. The Morgan fingerprint density at radius 3 is 2.70 bits per heavy atom. The molecule has 0 atom stereocenters. The van der Waals surface area contributed by atoms with E-state index in [-0.39, 0.29) is 5.56 Å². The summed E-state index contributed by atoms with van der Waals surface area (Å²) in [5.74, 6) is -1.88. The van der Waals surface area contributed by atoms with Crippen LogP contribution in [0, 0.1) is 17.6 Å². The highest BCUT2D eigenvalue weighted by atomic mass is 19.2. The van der Waals surface area contributed by atoms with Crippen molar-refractivity contribution in [3.63, 3.8) is 0 Å². The lowest BCUT2D eigenvalue weighted by molar-refractivity contribution is 0.0684. The monoisotopic (exact) mass is 282 g/mol.